The van der Waals surface area contributed by atoms with Gasteiger partial charge in [-0.15, -0.1) is 0 Å². The van der Waals surface area contributed by atoms with Crippen LogP contribution >= 0.6 is 0 Å². The average Bonchev–Trinajstić information content (AvgIpc) is 2.41. The van der Waals surface area contributed by atoms with E-state index >= 15 is 0 Å². The Hall–Kier alpha value is -1.90. The third-order valence-electron chi connectivity index (χ3n) is 3.00. The second-order valence-corrected chi connectivity index (χ2v) is 4.75. The first-order valence-electron chi connectivity index (χ1n) is 6.47. The summed E-state index contributed by atoms with van der Waals surface area (Å²) in [6.45, 7) is -0.390. The summed E-state index contributed by atoms with van der Waals surface area (Å²) in [6.07, 6.45) is 0.380. The Kier molecular flexibility index (Phi) is 6.35. The van der Waals surface area contributed by atoms with Crippen molar-refractivity contribution in [3.05, 3.63) is 27.7 Å². The van der Waals surface area contributed by atoms with Crippen molar-refractivity contribution in [3.63, 3.8) is 0 Å². The molecule has 8 heteroatoms. The van der Waals surface area contributed by atoms with Crippen LogP contribution in [0.2, 0.25) is 0 Å². The van der Waals surface area contributed by atoms with Gasteiger partial charge in [0.05, 0.1) is 18.8 Å². The molecule has 0 radical (unpaired) electrons. The first-order valence-corrected chi connectivity index (χ1v) is 6.47. The molecule has 0 aliphatic heterocycles. The quantitative estimate of drug-likeness (QED) is 0.483. The smallest absolute Gasteiger partial charge is 0.317 e. The van der Waals surface area contributed by atoms with Crippen molar-refractivity contribution in [1.82, 2.24) is 9.47 Å². The molecule has 1 aromatic heterocycles. The number of hydrogen-bond donors (Lipinski definition) is 4. The van der Waals surface area contributed by atoms with Crippen LogP contribution in [-0.2, 0) is 24.5 Å². The number of nitrogens with zero attached hydrogens (tertiary/aromatic N) is 2. The van der Waals surface area contributed by atoms with Crippen LogP contribution in [0.5, 0.6) is 5.75 Å². The fraction of sp³-hybridized carbons (Fsp3) is 0.538. The molecule has 118 valence electrons. The van der Waals surface area contributed by atoms with E-state index in [0.29, 0.717) is 18.7 Å². The number of aliphatic hydroxyl groups excluding tert-OH is 2. The molecule has 4 N–H and O–H groups in total. The lowest BCUT2D eigenvalue weighted by Gasteiger charge is -2.22. The van der Waals surface area contributed by atoms with Crippen LogP contribution in [0.15, 0.2) is 10.9 Å². The average molecular weight is 300 g/mol. The van der Waals surface area contributed by atoms with Gasteiger partial charge in [-0.05, 0) is 13.5 Å². The normalized spacial score (nSPS) is 11.0. The second-order valence-electron chi connectivity index (χ2n) is 4.75. The van der Waals surface area contributed by atoms with E-state index in [9.17, 15) is 19.8 Å². The maximum absolute atomic E-state index is 11.7. The molecule has 0 atom stereocenters. The lowest BCUT2D eigenvalue weighted by molar-refractivity contribution is -0.138. The van der Waals surface area contributed by atoms with Crippen LogP contribution in [0.3, 0.4) is 0 Å². The molecule has 0 unspecified atom stereocenters. The topological polar surface area (TPSA) is 123 Å². The van der Waals surface area contributed by atoms with Crippen molar-refractivity contribution in [2.24, 2.45) is 0 Å². The molecule has 0 aliphatic carbocycles. The van der Waals surface area contributed by atoms with Crippen LogP contribution in [0.1, 0.15) is 17.8 Å². The monoisotopic (exact) mass is 300 g/mol. The van der Waals surface area contributed by atoms with E-state index in [1.807, 2.05) is 0 Å². The minimum atomic E-state index is -1.03. The molecule has 0 aliphatic rings. The lowest BCUT2D eigenvalue weighted by Crippen LogP contribution is -2.29. The van der Waals surface area contributed by atoms with Crippen molar-refractivity contribution in [2.45, 2.75) is 26.1 Å². The van der Waals surface area contributed by atoms with E-state index in [1.165, 1.54) is 9.47 Å². The minimum absolute atomic E-state index is 0.0344. The first-order chi connectivity index (χ1) is 9.90. The summed E-state index contributed by atoms with van der Waals surface area (Å²) in [6, 6.07) is 1.13. The fourth-order valence-corrected chi connectivity index (χ4v) is 2.08. The molecule has 1 aromatic rings. The van der Waals surface area contributed by atoms with Gasteiger partial charge in [0.1, 0.15) is 0 Å². The van der Waals surface area contributed by atoms with Crippen molar-refractivity contribution >= 4 is 5.97 Å². The molecule has 0 aromatic carbocycles. The van der Waals surface area contributed by atoms with Crippen molar-refractivity contribution in [2.75, 3.05) is 20.2 Å². The summed E-state index contributed by atoms with van der Waals surface area (Å²) in [5.74, 6) is -1.50. The number of aromatic nitrogens is 1. The SMILES string of the molecule is CN(CC(=O)O)Cc1c(O)c(=O)cc(CO)n1CCCO. The first kappa shape index (κ1) is 17.2. The van der Waals surface area contributed by atoms with Gasteiger partial charge in [-0.25, -0.2) is 0 Å². The van der Waals surface area contributed by atoms with Gasteiger partial charge in [0.2, 0.25) is 5.43 Å². The standard InChI is InChI=1S/C13H20N2O6/c1-14(7-12(19)20)6-10-13(21)11(18)5-9(8-17)15(10)3-2-4-16/h5,16-17,21H,2-4,6-8H2,1H3,(H,19,20). The van der Waals surface area contributed by atoms with Gasteiger partial charge >= 0.3 is 5.97 Å². The van der Waals surface area contributed by atoms with Gasteiger partial charge in [-0.1, -0.05) is 0 Å². The second kappa shape index (κ2) is 7.77. The zero-order valence-electron chi connectivity index (χ0n) is 11.8. The maximum atomic E-state index is 11.7. The molecule has 0 spiro atoms. The molecule has 0 saturated heterocycles. The summed E-state index contributed by atoms with van der Waals surface area (Å²) in [4.78, 5) is 23.8. The third kappa shape index (κ3) is 4.55. The Morgan fingerprint density at radius 2 is 2.05 bits per heavy atom. The molecular formula is C13H20N2O6. The number of rotatable bonds is 8. The minimum Gasteiger partial charge on any atom is -0.503 e. The number of aliphatic carboxylic acids is 1. The number of likely N-dealkylation sites (N-methyl/N-ethyl adjacent to an activating group) is 1. The van der Waals surface area contributed by atoms with E-state index in [1.54, 1.807) is 7.05 Å². The van der Waals surface area contributed by atoms with Gasteiger partial charge in [0.15, 0.2) is 5.75 Å². The van der Waals surface area contributed by atoms with Gasteiger partial charge in [0, 0.05) is 31.5 Å². The van der Waals surface area contributed by atoms with Crippen molar-refractivity contribution in [1.29, 1.82) is 0 Å². The van der Waals surface area contributed by atoms with Gasteiger partial charge in [-0.3, -0.25) is 14.5 Å². The van der Waals surface area contributed by atoms with E-state index in [4.69, 9.17) is 10.2 Å². The van der Waals surface area contributed by atoms with Gasteiger partial charge < -0.3 is 25.0 Å². The van der Waals surface area contributed by atoms with Gasteiger partial charge in [-0.2, -0.15) is 0 Å². The predicted molar refractivity (Wildman–Crippen MR) is 74.0 cm³/mol. The Morgan fingerprint density at radius 1 is 1.38 bits per heavy atom. The molecule has 1 rings (SSSR count). The van der Waals surface area contributed by atoms with E-state index in [2.05, 4.69) is 0 Å². The molecule has 8 nitrogen and oxygen atoms in total. The number of aliphatic hydroxyl groups is 2. The lowest BCUT2D eigenvalue weighted by atomic mass is 10.2. The number of pyridine rings is 1. The highest BCUT2D eigenvalue weighted by atomic mass is 16.4. The Balaban J connectivity index is 3.21. The zero-order valence-corrected chi connectivity index (χ0v) is 11.8. The Bertz CT molecular complexity index is 554. The molecule has 21 heavy (non-hydrogen) atoms. The fourth-order valence-electron chi connectivity index (χ4n) is 2.08. The van der Waals surface area contributed by atoms with Crippen molar-refractivity contribution < 1.29 is 25.2 Å². The number of hydrogen-bond acceptors (Lipinski definition) is 6. The number of carboxylic acid groups (broad SMARTS) is 1. The van der Waals surface area contributed by atoms with Crippen LogP contribution in [-0.4, -0.2) is 56.1 Å². The predicted octanol–water partition coefficient (Wildman–Crippen LogP) is -1.05. The van der Waals surface area contributed by atoms with Crippen LogP contribution in [0.4, 0.5) is 0 Å². The maximum Gasteiger partial charge on any atom is 0.317 e. The summed E-state index contributed by atoms with van der Waals surface area (Å²) < 4.78 is 1.53. The molecule has 0 bridgehead atoms. The highest BCUT2D eigenvalue weighted by molar-refractivity contribution is 5.69. The highest BCUT2D eigenvalue weighted by Crippen LogP contribution is 2.17. The van der Waals surface area contributed by atoms with Crippen molar-refractivity contribution in [3.8, 4) is 5.75 Å². The van der Waals surface area contributed by atoms with Crippen LogP contribution in [0.25, 0.3) is 0 Å². The van der Waals surface area contributed by atoms with Crippen LogP contribution in [0, 0.1) is 0 Å². The van der Waals surface area contributed by atoms with E-state index in [0.717, 1.165) is 6.07 Å². The Morgan fingerprint density at radius 3 is 2.57 bits per heavy atom. The largest absolute Gasteiger partial charge is 0.503 e. The summed E-state index contributed by atoms with van der Waals surface area (Å²) in [5.41, 5.74) is -0.0910. The number of carboxylic acids is 1. The number of aromatic hydroxyl groups is 1. The molecule has 0 fully saturated rings. The van der Waals surface area contributed by atoms with E-state index < -0.39 is 23.8 Å². The van der Waals surface area contributed by atoms with Gasteiger partial charge in [0.25, 0.3) is 0 Å². The highest BCUT2D eigenvalue weighted by Gasteiger charge is 2.17. The van der Waals surface area contributed by atoms with E-state index in [-0.39, 0.29) is 25.4 Å². The summed E-state index contributed by atoms with van der Waals surface area (Å²) in [7, 11) is 1.54. The molecule has 0 amide bonds. The third-order valence-corrected chi connectivity index (χ3v) is 3.00. The Labute approximate surface area is 121 Å². The van der Waals surface area contributed by atoms with Crippen LogP contribution < -0.4 is 5.43 Å². The molecule has 1 heterocycles. The summed E-state index contributed by atoms with van der Waals surface area (Å²) in [5, 5.41) is 36.9. The summed E-state index contributed by atoms with van der Waals surface area (Å²) >= 11 is 0. The zero-order chi connectivity index (χ0) is 16.0. The number of carbonyl (C=O) groups is 1. The molecule has 0 saturated carbocycles. The molecular weight excluding hydrogens is 280 g/mol.